The Morgan fingerprint density at radius 1 is 0.722 bits per heavy atom. The van der Waals surface area contributed by atoms with E-state index in [-0.39, 0.29) is 11.4 Å². The smallest absolute Gasteiger partial charge is 0.264 e. The summed E-state index contributed by atoms with van der Waals surface area (Å²) in [7, 11) is -3.99. The van der Waals surface area contributed by atoms with Crippen molar-refractivity contribution in [1.82, 2.24) is 5.32 Å². The molecule has 4 aromatic carbocycles. The first-order chi connectivity index (χ1) is 17.3. The van der Waals surface area contributed by atoms with Gasteiger partial charge in [0.25, 0.3) is 10.0 Å². The van der Waals surface area contributed by atoms with Crippen LogP contribution in [-0.2, 0) is 14.8 Å². The molecule has 4 rings (SSSR count). The number of hydrogen-bond donors (Lipinski definition) is 1. The molecule has 0 aliphatic rings. The van der Waals surface area contributed by atoms with Crippen molar-refractivity contribution in [2.75, 3.05) is 10.8 Å². The topological polar surface area (TPSA) is 66.5 Å². The van der Waals surface area contributed by atoms with Crippen LogP contribution < -0.4 is 9.62 Å². The third-order valence-electron chi connectivity index (χ3n) is 6.13. The maximum absolute atomic E-state index is 13.7. The Morgan fingerprint density at radius 2 is 1.25 bits per heavy atom. The molecular formula is C30H30N2O3S. The van der Waals surface area contributed by atoms with E-state index in [0.717, 1.165) is 27.8 Å². The quantitative estimate of drug-likeness (QED) is 0.338. The number of hydrogen-bond acceptors (Lipinski definition) is 3. The van der Waals surface area contributed by atoms with E-state index in [9.17, 15) is 13.2 Å². The molecule has 4 aromatic rings. The van der Waals surface area contributed by atoms with Crippen LogP contribution in [0.5, 0.6) is 0 Å². The number of anilines is 1. The number of nitrogens with one attached hydrogen (secondary N) is 1. The lowest BCUT2D eigenvalue weighted by Gasteiger charge is -2.27. The van der Waals surface area contributed by atoms with Crippen LogP contribution in [0.4, 0.5) is 5.69 Å². The number of carbonyl (C=O) groups is 1. The summed E-state index contributed by atoms with van der Waals surface area (Å²) in [5.41, 5.74) is 5.14. The van der Waals surface area contributed by atoms with Gasteiger partial charge < -0.3 is 5.32 Å². The highest BCUT2D eigenvalue weighted by Gasteiger charge is 2.29. The molecule has 1 atom stereocenters. The van der Waals surface area contributed by atoms with Crippen molar-refractivity contribution < 1.29 is 13.2 Å². The summed E-state index contributed by atoms with van der Waals surface area (Å²) in [5.74, 6) is -0.400. The van der Waals surface area contributed by atoms with Gasteiger partial charge in [-0.3, -0.25) is 9.10 Å². The third-order valence-corrected chi connectivity index (χ3v) is 7.90. The summed E-state index contributed by atoms with van der Waals surface area (Å²) in [5, 5.41) is 3.08. The second kappa shape index (κ2) is 10.8. The number of nitrogens with zero attached hydrogens (tertiary/aromatic N) is 1. The zero-order valence-electron chi connectivity index (χ0n) is 20.7. The van der Waals surface area contributed by atoms with Gasteiger partial charge in [0.15, 0.2) is 0 Å². The minimum absolute atomic E-state index is 0.141. The average molecular weight is 499 g/mol. The molecule has 0 aliphatic carbocycles. The SMILES string of the molecule is Cc1ccc([C@@H](NC(=O)CN(c2ccccc2C)S(=O)(=O)c2ccc(C)cc2)c2ccccc2)cc1. The second-order valence-corrected chi connectivity index (χ2v) is 10.8. The van der Waals surface area contributed by atoms with Crippen LogP contribution in [0.2, 0.25) is 0 Å². The van der Waals surface area contributed by atoms with Crippen LogP contribution in [-0.4, -0.2) is 20.9 Å². The number of rotatable bonds is 8. The Hall–Kier alpha value is -3.90. The van der Waals surface area contributed by atoms with E-state index in [1.807, 2.05) is 87.5 Å². The number of aryl methyl sites for hydroxylation is 3. The number of para-hydroxylation sites is 1. The van der Waals surface area contributed by atoms with Crippen LogP contribution in [0.3, 0.4) is 0 Å². The van der Waals surface area contributed by atoms with Gasteiger partial charge >= 0.3 is 0 Å². The van der Waals surface area contributed by atoms with Gasteiger partial charge in [0.2, 0.25) is 5.91 Å². The highest BCUT2D eigenvalue weighted by Crippen LogP contribution is 2.28. The van der Waals surface area contributed by atoms with Gasteiger partial charge in [0.05, 0.1) is 16.6 Å². The maximum atomic E-state index is 13.7. The fourth-order valence-corrected chi connectivity index (χ4v) is 5.57. The van der Waals surface area contributed by atoms with Crippen molar-refractivity contribution in [1.29, 1.82) is 0 Å². The molecule has 1 N–H and O–H groups in total. The maximum Gasteiger partial charge on any atom is 0.264 e. The third kappa shape index (κ3) is 5.66. The lowest BCUT2D eigenvalue weighted by molar-refractivity contribution is -0.120. The minimum atomic E-state index is -3.99. The first-order valence-electron chi connectivity index (χ1n) is 11.8. The van der Waals surface area contributed by atoms with E-state index in [0.29, 0.717) is 5.69 Å². The normalized spacial score (nSPS) is 12.1. The summed E-state index contributed by atoms with van der Waals surface area (Å²) < 4.78 is 28.7. The fourth-order valence-electron chi connectivity index (χ4n) is 4.08. The summed E-state index contributed by atoms with van der Waals surface area (Å²) in [6.45, 7) is 5.40. The number of amides is 1. The Bertz CT molecular complexity index is 1430. The van der Waals surface area contributed by atoms with Crippen LogP contribution in [0.25, 0.3) is 0 Å². The van der Waals surface area contributed by atoms with Gasteiger partial charge in [-0.2, -0.15) is 0 Å². The molecule has 184 valence electrons. The van der Waals surface area contributed by atoms with Crippen molar-refractivity contribution >= 4 is 21.6 Å². The summed E-state index contributed by atoms with van der Waals surface area (Å²) in [6.07, 6.45) is 0. The molecule has 0 radical (unpaired) electrons. The summed E-state index contributed by atoms with van der Waals surface area (Å²) in [4.78, 5) is 13.6. The van der Waals surface area contributed by atoms with Crippen molar-refractivity contribution in [2.45, 2.75) is 31.7 Å². The number of carbonyl (C=O) groups excluding carboxylic acids is 1. The Labute approximate surface area is 213 Å². The second-order valence-electron chi connectivity index (χ2n) is 8.93. The molecule has 0 fully saturated rings. The number of benzene rings is 4. The van der Waals surface area contributed by atoms with Gasteiger partial charge in [-0.05, 0) is 55.7 Å². The summed E-state index contributed by atoms with van der Waals surface area (Å²) in [6, 6.07) is 31.1. The molecule has 36 heavy (non-hydrogen) atoms. The van der Waals surface area contributed by atoms with Gasteiger partial charge in [0, 0.05) is 0 Å². The molecule has 0 spiro atoms. The fraction of sp³-hybridized carbons (Fsp3) is 0.167. The standard InChI is InChI=1S/C30H30N2O3S/c1-22-13-17-26(18-14-22)30(25-10-5-4-6-11-25)31-29(33)21-32(28-12-8-7-9-24(28)3)36(34,35)27-19-15-23(2)16-20-27/h4-20,30H,21H2,1-3H3,(H,31,33)/t30-/m0/s1. The van der Waals surface area contributed by atoms with Crippen molar-refractivity contribution in [3.8, 4) is 0 Å². The molecule has 0 saturated heterocycles. The van der Waals surface area contributed by atoms with Gasteiger partial charge in [0.1, 0.15) is 6.54 Å². The molecule has 0 heterocycles. The highest BCUT2D eigenvalue weighted by atomic mass is 32.2. The molecule has 0 unspecified atom stereocenters. The predicted molar refractivity (Wildman–Crippen MR) is 144 cm³/mol. The van der Waals surface area contributed by atoms with E-state index in [1.54, 1.807) is 36.4 Å². The first kappa shape index (κ1) is 25.2. The largest absolute Gasteiger partial charge is 0.344 e. The van der Waals surface area contributed by atoms with E-state index in [1.165, 1.54) is 4.31 Å². The lowest BCUT2D eigenvalue weighted by atomic mass is 9.98. The predicted octanol–water partition coefficient (Wildman–Crippen LogP) is 5.71. The van der Waals surface area contributed by atoms with Crippen LogP contribution in [0.1, 0.15) is 33.9 Å². The van der Waals surface area contributed by atoms with Crippen molar-refractivity contribution in [3.05, 3.63) is 131 Å². The average Bonchev–Trinajstić information content (AvgIpc) is 2.88. The van der Waals surface area contributed by atoms with Crippen LogP contribution in [0.15, 0.2) is 108 Å². The minimum Gasteiger partial charge on any atom is -0.344 e. The lowest BCUT2D eigenvalue weighted by Crippen LogP contribution is -2.42. The zero-order chi connectivity index (χ0) is 25.7. The molecular weight excluding hydrogens is 468 g/mol. The van der Waals surface area contributed by atoms with E-state index >= 15 is 0 Å². The summed E-state index contributed by atoms with van der Waals surface area (Å²) >= 11 is 0. The first-order valence-corrected chi connectivity index (χ1v) is 13.3. The Morgan fingerprint density at radius 3 is 1.86 bits per heavy atom. The molecule has 5 nitrogen and oxygen atoms in total. The van der Waals surface area contributed by atoms with Gasteiger partial charge in [-0.15, -0.1) is 0 Å². The molecule has 0 bridgehead atoms. The number of sulfonamides is 1. The molecule has 6 heteroatoms. The molecule has 0 aromatic heterocycles. The van der Waals surface area contributed by atoms with Crippen LogP contribution in [0, 0.1) is 20.8 Å². The van der Waals surface area contributed by atoms with Gasteiger partial charge in [-0.25, -0.2) is 8.42 Å². The Kier molecular flexibility index (Phi) is 7.55. The van der Waals surface area contributed by atoms with Gasteiger partial charge in [-0.1, -0.05) is 96.1 Å². The molecule has 1 amide bonds. The van der Waals surface area contributed by atoms with Crippen LogP contribution >= 0.6 is 0 Å². The van der Waals surface area contributed by atoms with E-state index in [2.05, 4.69) is 5.32 Å². The van der Waals surface area contributed by atoms with Crippen molar-refractivity contribution in [2.24, 2.45) is 0 Å². The monoisotopic (exact) mass is 498 g/mol. The zero-order valence-corrected chi connectivity index (χ0v) is 21.5. The van der Waals surface area contributed by atoms with Crippen molar-refractivity contribution in [3.63, 3.8) is 0 Å². The van der Waals surface area contributed by atoms with E-state index < -0.39 is 22.0 Å². The highest BCUT2D eigenvalue weighted by molar-refractivity contribution is 7.92. The Balaban J connectivity index is 1.69. The molecule has 0 aliphatic heterocycles. The van der Waals surface area contributed by atoms with E-state index in [4.69, 9.17) is 0 Å². The molecule has 0 saturated carbocycles.